The van der Waals surface area contributed by atoms with E-state index >= 15 is 0 Å². The molecule has 1 aromatic heterocycles. The van der Waals surface area contributed by atoms with Crippen molar-refractivity contribution in [1.82, 2.24) is 14.8 Å². The minimum Gasteiger partial charge on any atom is -0.368 e. The van der Waals surface area contributed by atoms with Crippen molar-refractivity contribution in [3.8, 4) is 0 Å². The summed E-state index contributed by atoms with van der Waals surface area (Å²) >= 11 is 0. The molecule has 5 nitrogen and oxygen atoms in total. The van der Waals surface area contributed by atoms with E-state index in [1.807, 2.05) is 6.07 Å². The zero-order chi connectivity index (χ0) is 15.6. The van der Waals surface area contributed by atoms with Gasteiger partial charge in [0.25, 0.3) is 0 Å². The summed E-state index contributed by atoms with van der Waals surface area (Å²) in [5, 5.41) is 0. The number of rotatable bonds is 3. The van der Waals surface area contributed by atoms with Gasteiger partial charge in [0.05, 0.1) is 6.04 Å². The monoisotopic (exact) mass is 316 g/mol. The third-order valence-electron chi connectivity index (χ3n) is 5.88. The maximum atomic E-state index is 13.3. The van der Waals surface area contributed by atoms with Crippen molar-refractivity contribution >= 4 is 11.6 Å². The van der Waals surface area contributed by atoms with Gasteiger partial charge >= 0.3 is 0 Å². The van der Waals surface area contributed by atoms with Gasteiger partial charge in [-0.3, -0.25) is 9.69 Å². The lowest BCUT2D eigenvalue weighted by Gasteiger charge is -2.58. The molecule has 0 spiro atoms. The predicted molar refractivity (Wildman–Crippen MR) is 83.6 cm³/mol. The Labute approximate surface area is 135 Å². The Bertz CT molecular complexity index is 637. The molecule has 5 fully saturated rings. The Kier molecular flexibility index (Phi) is 2.92. The lowest BCUT2D eigenvalue weighted by Crippen LogP contribution is -2.72. The number of piperazine rings is 1. The molecule has 3 atom stereocenters. The van der Waals surface area contributed by atoms with Crippen molar-refractivity contribution in [2.24, 2.45) is 0 Å². The number of fused-ring (bicyclic) bond motifs is 2. The highest BCUT2D eigenvalue weighted by atomic mass is 19.1. The van der Waals surface area contributed by atoms with Crippen LogP contribution in [0.1, 0.15) is 25.7 Å². The number of hydrogen-bond acceptors (Lipinski definition) is 4. The first-order valence-corrected chi connectivity index (χ1v) is 8.65. The molecule has 6 heteroatoms. The van der Waals surface area contributed by atoms with Gasteiger partial charge in [0.1, 0.15) is 0 Å². The number of halogens is 1. The molecule has 122 valence electrons. The van der Waals surface area contributed by atoms with Crippen molar-refractivity contribution in [3.63, 3.8) is 0 Å². The first-order valence-electron chi connectivity index (χ1n) is 8.65. The molecule has 0 aromatic carbocycles. The number of carbonyl (C=O) groups excluding carboxylic acids is 1. The third kappa shape index (κ3) is 2.15. The van der Waals surface area contributed by atoms with Crippen molar-refractivity contribution in [2.75, 3.05) is 24.5 Å². The highest BCUT2D eigenvalue weighted by molar-refractivity contribution is 5.85. The van der Waals surface area contributed by atoms with Gasteiger partial charge in [0, 0.05) is 55.7 Å². The van der Waals surface area contributed by atoms with E-state index in [1.165, 1.54) is 25.1 Å². The van der Waals surface area contributed by atoms with Gasteiger partial charge in [-0.2, -0.15) is 4.39 Å². The van der Waals surface area contributed by atoms with Gasteiger partial charge in [0.2, 0.25) is 11.9 Å². The number of anilines is 1. The van der Waals surface area contributed by atoms with Crippen LogP contribution in [0.3, 0.4) is 0 Å². The average Bonchev–Trinajstić information content (AvgIpc) is 3.33. The second kappa shape index (κ2) is 4.90. The molecule has 6 rings (SSSR count). The van der Waals surface area contributed by atoms with E-state index in [9.17, 15) is 9.18 Å². The molecule has 2 bridgehead atoms. The SMILES string of the molecule is O=C1C(N2C3CC2CN(c2ccnc(F)c2)C3)CCN1C1CC1. The van der Waals surface area contributed by atoms with Crippen molar-refractivity contribution in [3.05, 3.63) is 24.3 Å². The number of piperidine rings is 1. The smallest absolute Gasteiger partial charge is 0.240 e. The van der Waals surface area contributed by atoms with Crippen molar-refractivity contribution in [2.45, 2.75) is 49.9 Å². The largest absolute Gasteiger partial charge is 0.368 e. The van der Waals surface area contributed by atoms with E-state index < -0.39 is 5.95 Å². The van der Waals surface area contributed by atoms with Crippen LogP contribution in [0.2, 0.25) is 0 Å². The fraction of sp³-hybridized carbons (Fsp3) is 0.647. The summed E-state index contributed by atoms with van der Waals surface area (Å²) in [6, 6.07) is 4.86. The number of pyridine rings is 1. The second-order valence-corrected chi connectivity index (χ2v) is 7.30. The number of amides is 1. The zero-order valence-electron chi connectivity index (χ0n) is 13.1. The molecular weight excluding hydrogens is 295 g/mol. The van der Waals surface area contributed by atoms with E-state index in [4.69, 9.17) is 0 Å². The summed E-state index contributed by atoms with van der Waals surface area (Å²) in [6.45, 7) is 2.70. The van der Waals surface area contributed by atoms with E-state index in [0.717, 1.165) is 38.2 Å². The number of hydrogen-bond donors (Lipinski definition) is 0. The lowest BCUT2D eigenvalue weighted by molar-refractivity contribution is -0.139. The maximum absolute atomic E-state index is 13.3. The minimum absolute atomic E-state index is 0.0932. The van der Waals surface area contributed by atoms with Crippen LogP contribution in [-0.2, 0) is 4.79 Å². The molecule has 5 aliphatic rings. The molecule has 3 unspecified atom stereocenters. The van der Waals surface area contributed by atoms with Gasteiger partial charge in [-0.15, -0.1) is 0 Å². The van der Waals surface area contributed by atoms with E-state index in [2.05, 4.69) is 19.7 Å². The standard InChI is InChI=1S/C17H21FN4O/c18-16-8-12(3-5-19-16)20-9-13-7-14(10-20)22(13)15-4-6-21(17(15)23)11-1-2-11/h3,5,8,11,13-15H,1-2,4,6-7,9-10H2. The predicted octanol–water partition coefficient (Wildman–Crippen LogP) is 1.25. The highest BCUT2D eigenvalue weighted by Crippen LogP contribution is 2.40. The van der Waals surface area contributed by atoms with Crippen LogP contribution in [0.15, 0.2) is 18.3 Å². The molecule has 1 saturated carbocycles. The molecule has 23 heavy (non-hydrogen) atoms. The van der Waals surface area contributed by atoms with Crippen LogP contribution in [0.25, 0.3) is 0 Å². The molecule has 1 aromatic rings. The van der Waals surface area contributed by atoms with Crippen LogP contribution in [0.5, 0.6) is 0 Å². The summed E-state index contributed by atoms with van der Waals surface area (Å²) in [5.41, 5.74) is 0.907. The minimum atomic E-state index is -0.426. The zero-order valence-corrected chi connectivity index (χ0v) is 13.1. The van der Waals surface area contributed by atoms with Crippen LogP contribution in [0, 0.1) is 5.95 Å². The molecule has 0 N–H and O–H groups in total. The summed E-state index contributed by atoms with van der Waals surface area (Å²) in [6.07, 6.45) is 6.04. The molecule has 1 amide bonds. The number of carbonyl (C=O) groups is 1. The topological polar surface area (TPSA) is 39.7 Å². The molecule has 1 aliphatic carbocycles. The number of aromatic nitrogens is 1. The van der Waals surface area contributed by atoms with Gasteiger partial charge in [-0.25, -0.2) is 4.98 Å². The fourth-order valence-corrected chi connectivity index (χ4v) is 4.66. The molecule has 0 radical (unpaired) electrons. The molecule has 4 aliphatic heterocycles. The fourth-order valence-electron chi connectivity index (χ4n) is 4.66. The van der Waals surface area contributed by atoms with Gasteiger partial charge in [-0.05, 0) is 31.7 Å². The summed E-state index contributed by atoms with van der Waals surface area (Å²) in [5.74, 6) is -0.0738. The van der Waals surface area contributed by atoms with Gasteiger partial charge in [0.15, 0.2) is 0 Å². The van der Waals surface area contributed by atoms with Crippen LogP contribution in [0.4, 0.5) is 10.1 Å². The van der Waals surface area contributed by atoms with Gasteiger partial charge < -0.3 is 9.80 Å². The molecule has 5 heterocycles. The lowest BCUT2D eigenvalue weighted by atomic mass is 9.84. The third-order valence-corrected chi connectivity index (χ3v) is 5.88. The Morgan fingerprint density at radius 1 is 1.13 bits per heavy atom. The quantitative estimate of drug-likeness (QED) is 0.787. The first kappa shape index (κ1) is 13.7. The maximum Gasteiger partial charge on any atom is 0.240 e. The second-order valence-electron chi connectivity index (χ2n) is 7.30. The Morgan fingerprint density at radius 2 is 1.91 bits per heavy atom. The van der Waals surface area contributed by atoms with Gasteiger partial charge in [-0.1, -0.05) is 0 Å². The van der Waals surface area contributed by atoms with Crippen LogP contribution >= 0.6 is 0 Å². The van der Waals surface area contributed by atoms with E-state index in [0.29, 0.717) is 24.0 Å². The van der Waals surface area contributed by atoms with E-state index in [-0.39, 0.29) is 6.04 Å². The Balaban J connectivity index is 1.29. The van der Waals surface area contributed by atoms with E-state index in [1.54, 1.807) is 0 Å². The van der Waals surface area contributed by atoms with Crippen LogP contribution < -0.4 is 4.90 Å². The Morgan fingerprint density at radius 3 is 2.61 bits per heavy atom. The normalized spacial score (nSPS) is 34.0. The first-order chi connectivity index (χ1) is 11.2. The number of likely N-dealkylation sites (tertiary alicyclic amines) is 1. The molecule has 4 saturated heterocycles. The van der Waals surface area contributed by atoms with Crippen molar-refractivity contribution in [1.29, 1.82) is 0 Å². The van der Waals surface area contributed by atoms with Crippen LogP contribution in [-0.4, -0.2) is 64.5 Å². The molecular formula is C17H21FN4O. The van der Waals surface area contributed by atoms with Crippen molar-refractivity contribution < 1.29 is 9.18 Å². The highest BCUT2D eigenvalue weighted by Gasteiger charge is 2.53. The summed E-state index contributed by atoms with van der Waals surface area (Å²) < 4.78 is 13.3. The summed E-state index contributed by atoms with van der Waals surface area (Å²) in [7, 11) is 0. The number of nitrogens with zero attached hydrogens (tertiary/aromatic N) is 4. The summed E-state index contributed by atoms with van der Waals surface area (Å²) in [4.78, 5) is 23.1. The Hall–Kier alpha value is -1.69. The average molecular weight is 316 g/mol.